The Hall–Kier alpha value is -1.99. The number of fused-ring (bicyclic) bond motifs is 1. The van der Waals surface area contributed by atoms with E-state index in [1.54, 1.807) is 12.1 Å². The lowest BCUT2D eigenvalue weighted by Crippen LogP contribution is -2.43. The molecule has 0 bridgehead atoms. The van der Waals surface area contributed by atoms with Crippen LogP contribution < -0.4 is 5.32 Å². The van der Waals surface area contributed by atoms with E-state index in [2.05, 4.69) is 20.4 Å². The molecule has 1 aliphatic rings. The van der Waals surface area contributed by atoms with Crippen molar-refractivity contribution in [3.8, 4) is 0 Å². The first-order chi connectivity index (χ1) is 9.78. The van der Waals surface area contributed by atoms with Crippen LogP contribution in [0.1, 0.15) is 16.2 Å². The predicted molar refractivity (Wildman–Crippen MR) is 72.5 cm³/mol. The maximum atomic E-state index is 11.5. The molecule has 3 heterocycles. The number of piperazine rings is 1. The second-order valence-electron chi connectivity index (χ2n) is 4.78. The van der Waals surface area contributed by atoms with Crippen molar-refractivity contribution in [1.82, 2.24) is 24.8 Å². The number of methoxy groups -OCH3 is 1. The molecule has 106 valence electrons. The molecule has 0 amide bonds. The third-order valence-electron chi connectivity index (χ3n) is 3.48. The first-order valence-corrected chi connectivity index (χ1v) is 6.63. The van der Waals surface area contributed by atoms with Crippen LogP contribution in [0.15, 0.2) is 18.3 Å². The van der Waals surface area contributed by atoms with Crippen molar-refractivity contribution >= 4 is 11.6 Å². The van der Waals surface area contributed by atoms with Crippen LogP contribution in [0, 0.1) is 0 Å². The highest BCUT2D eigenvalue weighted by molar-refractivity contribution is 5.90. The quantitative estimate of drug-likeness (QED) is 0.790. The molecule has 2 aromatic heterocycles. The van der Waals surface area contributed by atoms with Crippen LogP contribution in [0.25, 0.3) is 5.65 Å². The summed E-state index contributed by atoms with van der Waals surface area (Å²) in [6.07, 6.45) is 1.82. The van der Waals surface area contributed by atoms with Gasteiger partial charge in [0.2, 0.25) is 0 Å². The number of pyridine rings is 1. The Morgan fingerprint density at radius 2 is 2.20 bits per heavy atom. The molecule has 7 heteroatoms. The molecule has 0 aliphatic carbocycles. The predicted octanol–water partition coefficient (Wildman–Crippen LogP) is -0.0789. The van der Waals surface area contributed by atoms with Crippen LogP contribution in [0.5, 0.6) is 0 Å². The van der Waals surface area contributed by atoms with Crippen LogP contribution in [-0.2, 0) is 11.3 Å². The number of carbonyl (C=O) groups excluding carboxylic acids is 1. The van der Waals surface area contributed by atoms with Gasteiger partial charge in [-0.2, -0.15) is 0 Å². The van der Waals surface area contributed by atoms with Crippen molar-refractivity contribution in [2.45, 2.75) is 6.54 Å². The van der Waals surface area contributed by atoms with E-state index in [4.69, 9.17) is 4.74 Å². The van der Waals surface area contributed by atoms with Crippen molar-refractivity contribution in [2.24, 2.45) is 0 Å². The van der Waals surface area contributed by atoms with Gasteiger partial charge in [-0.1, -0.05) is 0 Å². The Balaban J connectivity index is 1.84. The number of rotatable bonds is 3. The normalized spacial score (nSPS) is 16.4. The number of aromatic nitrogens is 3. The molecular formula is C13H17N5O2. The van der Waals surface area contributed by atoms with Gasteiger partial charge in [0.15, 0.2) is 11.5 Å². The highest BCUT2D eigenvalue weighted by Gasteiger charge is 2.15. The standard InChI is InChI=1S/C13H17N5O2/c1-20-13(19)10-2-5-18-11(8-10)15-16-12(18)9-17-6-3-14-4-7-17/h2,5,8,14H,3-4,6-7,9H2,1H3. The van der Waals surface area contributed by atoms with Crippen molar-refractivity contribution in [3.05, 3.63) is 29.7 Å². The molecule has 0 saturated carbocycles. The summed E-state index contributed by atoms with van der Waals surface area (Å²) in [5.41, 5.74) is 1.15. The first kappa shape index (κ1) is 13.0. The molecule has 20 heavy (non-hydrogen) atoms. The molecule has 0 radical (unpaired) electrons. The Morgan fingerprint density at radius 3 is 2.95 bits per heavy atom. The van der Waals surface area contributed by atoms with Gasteiger partial charge in [0.1, 0.15) is 0 Å². The second kappa shape index (κ2) is 5.56. The number of nitrogens with zero attached hydrogens (tertiary/aromatic N) is 4. The number of ether oxygens (including phenoxy) is 1. The number of hydrogen-bond acceptors (Lipinski definition) is 6. The first-order valence-electron chi connectivity index (χ1n) is 6.63. The van der Waals surface area contributed by atoms with Crippen molar-refractivity contribution in [1.29, 1.82) is 0 Å². The third-order valence-corrected chi connectivity index (χ3v) is 3.48. The summed E-state index contributed by atoms with van der Waals surface area (Å²) in [4.78, 5) is 13.8. The van der Waals surface area contributed by atoms with Gasteiger partial charge < -0.3 is 10.1 Å². The van der Waals surface area contributed by atoms with Crippen molar-refractivity contribution in [2.75, 3.05) is 33.3 Å². The minimum Gasteiger partial charge on any atom is -0.465 e. The van der Waals surface area contributed by atoms with Gasteiger partial charge in [-0.3, -0.25) is 9.30 Å². The Labute approximate surface area is 116 Å². The van der Waals surface area contributed by atoms with Crippen LogP contribution in [-0.4, -0.2) is 58.8 Å². The molecule has 1 N–H and O–H groups in total. The van der Waals surface area contributed by atoms with Gasteiger partial charge in [0, 0.05) is 32.4 Å². The topological polar surface area (TPSA) is 71.8 Å². The second-order valence-corrected chi connectivity index (χ2v) is 4.78. The molecule has 3 rings (SSSR count). The molecule has 0 aromatic carbocycles. The minimum absolute atomic E-state index is 0.362. The molecular weight excluding hydrogens is 258 g/mol. The Morgan fingerprint density at radius 1 is 1.40 bits per heavy atom. The number of esters is 1. The SMILES string of the molecule is COC(=O)c1ccn2c(CN3CCNCC3)nnc2c1. The zero-order chi connectivity index (χ0) is 13.9. The van der Waals surface area contributed by atoms with E-state index in [1.807, 2.05) is 10.6 Å². The average molecular weight is 275 g/mol. The molecule has 0 unspecified atom stereocenters. The van der Waals surface area contributed by atoms with E-state index in [9.17, 15) is 4.79 Å². The van der Waals surface area contributed by atoms with Gasteiger partial charge in [0.05, 0.1) is 19.2 Å². The molecule has 1 aliphatic heterocycles. The largest absolute Gasteiger partial charge is 0.465 e. The van der Waals surface area contributed by atoms with E-state index in [0.29, 0.717) is 11.2 Å². The fourth-order valence-electron chi connectivity index (χ4n) is 2.36. The zero-order valence-electron chi connectivity index (χ0n) is 11.4. The molecule has 1 fully saturated rings. The number of hydrogen-bond donors (Lipinski definition) is 1. The Kier molecular flexibility index (Phi) is 3.62. The fraction of sp³-hybridized carbons (Fsp3) is 0.462. The zero-order valence-corrected chi connectivity index (χ0v) is 11.4. The van der Waals surface area contributed by atoms with Gasteiger partial charge in [-0.05, 0) is 12.1 Å². The van der Waals surface area contributed by atoms with E-state index < -0.39 is 0 Å². The summed E-state index contributed by atoms with van der Waals surface area (Å²) in [6.45, 7) is 4.79. The van der Waals surface area contributed by atoms with Gasteiger partial charge in [-0.25, -0.2) is 4.79 Å². The van der Waals surface area contributed by atoms with Gasteiger partial charge >= 0.3 is 5.97 Å². The molecule has 2 aromatic rings. The molecule has 7 nitrogen and oxygen atoms in total. The summed E-state index contributed by atoms with van der Waals surface area (Å²) in [6, 6.07) is 3.42. The van der Waals surface area contributed by atoms with E-state index in [1.165, 1.54) is 7.11 Å². The van der Waals surface area contributed by atoms with Gasteiger partial charge in [-0.15, -0.1) is 10.2 Å². The number of carbonyl (C=O) groups is 1. The summed E-state index contributed by atoms with van der Waals surface area (Å²) < 4.78 is 6.61. The molecule has 0 spiro atoms. The van der Waals surface area contributed by atoms with Crippen LogP contribution in [0.2, 0.25) is 0 Å². The smallest absolute Gasteiger partial charge is 0.338 e. The third kappa shape index (κ3) is 2.50. The van der Waals surface area contributed by atoms with Crippen LogP contribution in [0.4, 0.5) is 0 Å². The lowest BCUT2D eigenvalue weighted by Gasteiger charge is -2.26. The highest BCUT2D eigenvalue weighted by atomic mass is 16.5. The van der Waals surface area contributed by atoms with E-state index in [-0.39, 0.29) is 5.97 Å². The minimum atomic E-state index is -0.362. The maximum Gasteiger partial charge on any atom is 0.338 e. The fourth-order valence-corrected chi connectivity index (χ4v) is 2.36. The summed E-state index contributed by atoms with van der Waals surface area (Å²) >= 11 is 0. The molecule has 1 saturated heterocycles. The summed E-state index contributed by atoms with van der Waals surface area (Å²) in [5, 5.41) is 11.7. The van der Waals surface area contributed by atoms with E-state index >= 15 is 0 Å². The lowest BCUT2D eigenvalue weighted by atomic mass is 10.2. The van der Waals surface area contributed by atoms with Crippen molar-refractivity contribution < 1.29 is 9.53 Å². The maximum absolute atomic E-state index is 11.5. The van der Waals surface area contributed by atoms with E-state index in [0.717, 1.165) is 38.5 Å². The summed E-state index contributed by atoms with van der Waals surface area (Å²) in [7, 11) is 1.37. The van der Waals surface area contributed by atoms with Crippen LogP contribution >= 0.6 is 0 Å². The average Bonchev–Trinajstić information content (AvgIpc) is 2.90. The monoisotopic (exact) mass is 275 g/mol. The molecule has 0 atom stereocenters. The summed E-state index contributed by atoms with van der Waals surface area (Å²) in [5.74, 6) is 0.525. The lowest BCUT2D eigenvalue weighted by molar-refractivity contribution is 0.0600. The van der Waals surface area contributed by atoms with Crippen molar-refractivity contribution in [3.63, 3.8) is 0 Å². The number of nitrogens with one attached hydrogen (secondary N) is 1. The van der Waals surface area contributed by atoms with Gasteiger partial charge in [0.25, 0.3) is 0 Å². The Bertz CT molecular complexity index is 618. The highest BCUT2D eigenvalue weighted by Crippen LogP contribution is 2.10. The van der Waals surface area contributed by atoms with Crippen LogP contribution in [0.3, 0.4) is 0 Å².